The number of aromatic nitrogens is 1. The molecule has 0 spiro atoms. The van der Waals surface area contributed by atoms with Crippen LogP contribution in [0.2, 0.25) is 0 Å². The number of benzene rings is 1. The largest absolute Gasteiger partial charge is 0.478 e. The Labute approximate surface area is 134 Å². The van der Waals surface area contributed by atoms with Crippen LogP contribution in [0, 0.1) is 3.57 Å². The lowest BCUT2D eigenvalue weighted by Crippen LogP contribution is -2.12. The summed E-state index contributed by atoms with van der Waals surface area (Å²) >= 11 is 2.02. The molecule has 0 saturated heterocycles. The monoisotopic (exact) mass is 394 g/mol. The number of hydrogen-bond donors (Lipinski definition) is 2. The number of amides is 1. The van der Waals surface area contributed by atoms with Gasteiger partial charge in [0.1, 0.15) is 0 Å². The molecule has 0 saturated carbocycles. The van der Waals surface area contributed by atoms with Gasteiger partial charge in [-0.05, 0) is 58.5 Å². The van der Waals surface area contributed by atoms with Crippen molar-refractivity contribution in [2.24, 2.45) is 0 Å². The highest BCUT2D eigenvalue weighted by atomic mass is 127. The van der Waals surface area contributed by atoms with Gasteiger partial charge in [-0.3, -0.25) is 9.78 Å². The van der Waals surface area contributed by atoms with E-state index in [9.17, 15) is 9.59 Å². The molecule has 1 amide bonds. The number of rotatable bonds is 4. The smallest absolute Gasteiger partial charge is 0.337 e. The molecule has 0 aliphatic rings. The maximum absolute atomic E-state index is 11.8. The van der Waals surface area contributed by atoms with Gasteiger partial charge in [0.05, 0.1) is 11.3 Å². The minimum absolute atomic E-state index is 0.0602. The van der Waals surface area contributed by atoms with E-state index in [1.807, 2.05) is 28.7 Å². The first kappa shape index (κ1) is 15.2. The molecular formula is C15H11IN2O3. The quantitative estimate of drug-likeness (QED) is 0.617. The van der Waals surface area contributed by atoms with Crippen molar-refractivity contribution in [3.63, 3.8) is 0 Å². The number of halogens is 1. The van der Waals surface area contributed by atoms with Crippen LogP contribution in [0.25, 0.3) is 6.08 Å². The molecule has 2 N–H and O–H groups in total. The van der Waals surface area contributed by atoms with E-state index in [0.29, 0.717) is 0 Å². The lowest BCUT2D eigenvalue weighted by atomic mass is 10.2. The van der Waals surface area contributed by atoms with Crippen LogP contribution in [0.15, 0.2) is 48.8 Å². The molecule has 21 heavy (non-hydrogen) atoms. The predicted molar refractivity (Wildman–Crippen MR) is 88.0 cm³/mol. The Balaban J connectivity index is 2.13. The SMILES string of the molecule is O=C(C=Cc1cccnc1)Nc1ccc(I)cc1C(=O)O. The first-order valence-electron chi connectivity index (χ1n) is 5.98. The van der Waals surface area contributed by atoms with Gasteiger partial charge in [0.2, 0.25) is 5.91 Å². The fraction of sp³-hybridized carbons (Fsp3) is 0. The normalized spacial score (nSPS) is 10.5. The summed E-state index contributed by atoms with van der Waals surface area (Å²) in [5, 5.41) is 11.7. The molecule has 1 aromatic heterocycles. The number of carboxylic acids is 1. The van der Waals surface area contributed by atoms with Gasteiger partial charge in [-0.15, -0.1) is 0 Å². The average Bonchev–Trinajstić information content (AvgIpc) is 2.48. The van der Waals surface area contributed by atoms with Gasteiger partial charge in [0, 0.05) is 22.0 Å². The van der Waals surface area contributed by atoms with E-state index in [1.165, 1.54) is 12.1 Å². The van der Waals surface area contributed by atoms with Crippen LogP contribution in [-0.2, 0) is 4.79 Å². The molecule has 0 aliphatic heterocycles. The van der Waals surface area contributed by atoms with E-state index >= 15 is 0 Å². The first-order chi connectivity index (χ1) is 10.1. The second kappa shape index (κ2) is 6.98. The summed E-state index contributed by atoms with van der Waals surface area (Å²) in [5.41, 5.74) is 1.11. The van der Waals surface area contributed by atoms with Crippen LogP contribution in [0.4, 0.5) is 5.69 Å². The van der Waals surface area contributed by atoms with Crippen LogP contribution in [-0.4, -0.2) is 22.0 Å². The molecule has 0 aliphatic carbocycles. The molecule has 5 nitrogen and oxygen atoms in total. The average molecular weight is 394 g/mol. The first-order valence-corrected chi connectivity index (χ1v) is 7.06. The molecule has 2 rings (SSSR count). The summed E-state index contributed by atoms with van der Waals surface area (Å²) in [4.78, 5) is 26.9. The number of nitrogens with zero attached hydrogens (tertiary/aromatic N) is 1. The van der Waals surface area contributed by atoms with Crippen LogP contribution in [0.1, 0.15) is 15.9 Å². The summed E-state index contributed by atoms with van der Waals surface area (Å²) in [5.74, 6) is -1.48. The van der Waals surface area contributed by atoms with Crippen molar-refractivity contribution in [2.75, 3.05) is 5.32 Å². The molecule has 0 bridgehead atoms. The number of carboxylic acid groups (broad SMARTS) is 1. The minimum Gasteiger partial charge on any atom is -0.478 e. The molecule has 106 valence electrons. The Morgan fingerprint density at radius 1 is 1.29 bits per heavy atom. The fourth-order valence-electron chi connectivity index (χ4n) is 1.62. The maximum atomic E-state index is 11.8. The Bertz CT molecular complexity index is 699. The zero-order valence-corrected chi connectivity index (χ0v) is 12.9. The van der Waals surface area contributed by atoms with E-state index in [4.69, 9.17) is 5.11 Å². The summed E-state index contributed by atoms with van der Waals surface area (Å²) in [6.45, 7) is 0. The highest BCUT2D eigenvalue weighted by Crippen LogP contribution is 2.19. The second-order valence-electron chi connectivity index (χ2n) is 4.10. The van der Waals surface area contributed by atoms with Crippen molar-refractivity contribution < 1.29 is 14.7 Å². The van der Waals surface area contributed by atoms with Crippen LogP contribution >= 0.6 is 22.6 Å². The topological polar surface area (TPSA) is 79.3 Å². The Morgan fingerprint density at radius 3 is 2.76 bits per heavy atom. The minimum atomic E-state index is -1.08. The van der Waals surface area contributed by atoms with Gasteiger partial charge in [-0.1, -0.05) is 6.07 Å². The highest BCUT2D eigenvalue weighted by molar-refractivity contribution is 14.1. The number of nitrogens with one attached hydrogen (secondary N) is 1. The molecule has 1 heterocycles. The van der Waals surface area contributed by atoms with Crippen molar-refractivity contribution in [1.29, 1.82) is 0 Å². The van der Waals surface area contributed by atoms with E-state index < -0.39 is 11.9 Å². The zero-order chi connectivity index (χ0) is 15.2. The van der Waals surface area contributed by atoms with Crippen molar-refractivity contribution >= 4 is 46.2 Å². The fourth-order valence-corrected chi connectivity index (χ4v) is 2.11. The number of carbonyl (C=O) groups is 2. The third-order valence-electron chi connectivity index (χ3n) is 2.58. The molecule has 0 fully saturated rings. The number of hydrogen-bond acceptors (Lipinski definition) is 3. The number of anilines is 1. The van der Waals surface area contributed by atoms with Gasteiger partial charge in [0.25, 0.3) is 0 Å². The standard InChI is InChI=1S/C15H11IN2O3/c16-11-4-5-13(12(8-11)15(20)21)18-14(19)6-3-10-2-1-7-17-9-10/h1-9H,(H,18,19)(H,20,21). The van der Waals surface area contributed by atoms with Gasteiger partial charge >= 0.3 is 5.97 Å². The van der Waals surface area contributed by atoms with Crippen molar-refractivity contribution in [3.05, 3.63) is 63.5 Å². The van der Waals surface area contributed by atoms with E-state index in [1.54, 1.807) is 36.7 Å². The van der Waals surface area contributed by atoms with E-state index in [-0.39, 0.29) is 11.3 Å². The summed E-state index contributed by atoms with van der Waals surface area (Å²) in [6, 6.07) is 8.38. The van der Waals surface area contributed by atoms with Gasteiger partial charge < -0.3 is 10.4 Å². The van der Waals surface area contributed by atoms with E-state index in [2.05, 4.69) is 10.3 Å². The molecule has 6 heteroatoms. The third-order valence-corrected chi connectivity index (χ3v) is 3.25. The number of carbonyl (C=O) groups excluding carboxylic acids is 1. The molecule has 2 aromatic rings. The number of pyridine rings is 1. The molecule has 0 radical (unpaired) electrons. The third kappa shape index (κ3) is 4.38. The van der Waals surface area contributed by atoms with Crippen molar-refractivity contribution in [2.45, 2.75) is 0 Å². The maximum Gasteiger partial charge on any atom is 0.337 e. The second-order valence-corrected chi connectivity index (χ2v) is 5.35. The van der Waals surface area contributed by atoms with Gasteiger partial charge in [-0.25, -0.2) is 4.79 Å². The molecule has 1 aromatic carbocycles. The van der Waals surface area contributed by atoms with Gasteiger partial charge in [0.15, 0.2) is 0 Å². The van der Waals surface area contributed by atoms with Gasteiger partial charge in [-0.2, -0.15) is 0 Å². The molecule has 0 unspecified atom stereocenters. The lowest BCUT2D eigenvalue weighted by Gasteiger charge is -2.07. The summed E-state index contributed by atoms with van der Waals surface area (Å²) < 4.78 is 0.786. The van der Waals surface area contributed by atoms with E-state index in [0.717, 1.165) is 9.13 Å². The van der Waals surface area contributed by atoms with Crippen LogP contribution < -0.4 is 5.32 Å². The Morgan fingerprint density at radius 2 is 2.10 bits per heavy atom. The molecule has 0 atom stereocenters. The zero-order valence-electron chi connectivity index (χ0n) is 10.8. The predicted octanol–water partition coefficient (Wildman–Crippen LogP) is 3.04. The highest BCUT2D eigenvalue weighted by Gasteiger charge is 2.11. The van der Waals surface area contributed by atoms with Crippen molar-refractivity contribution in [3.8, 4) is 0 Å². The molecular weight excluding hydrogens is 383 g/mol. The van der Waals surface area contributed by atoms with Crippen LogP contribution in [0.3, 0.4) is 0 Å². The Hall–Kier alpha value is -2.22. The van der Waals surface area contributed by atoms with Crippen molar-refractivity contribution in [1.82, 2.24) is 4.98 Å². The van der Waals surface area contributed by atoms with Crippen LogP contribution in [0.5, 0.6) is 0 Å². The summed E-state index contributed by atoms with van der Waals surface area (Å²) in [6.07, 6.45) is 6.20. The summed E-state index contributed by atoms with van der Waals surface area (Å²) in [7, 11) is 0. The Kier molecular flexibility index (Phi) is 5.04. The lowest BCUT2D eigenvalue weighted by molar-refractivity contribution is -0.111. The number of aromatic carboxylic acids is 1.